The van der Waals surface area contributed by atoms with E-state index in [1.165, 1.54) is 7.11 Å². The zero-order chi connectivity index (χ0) is 10.5. The zero-order valence-corrected chi connectivity index (χ0v) is 10.0. The summed E-state index contributed by atoms with van der Waals surface area (Å²) in [5.41, 5.74) is 0. The predicted molar refractivity (Wildman–Crippen MR) is 53.8 cm³/mol. The highest BCUT2D eigenvalue weighted by atomic mass is 31.2. The summed E-state index contributed by atoms with van der Waals surface area (Å²) < 4.78 is 23.8. The molecule has 0 aliphatic rings. The summed E-state index contributed by atoms with van der Waals surface area (Å²) in [6, 6.07) is 0. The number of rotatable bonds is 6. The Balaban J connectivity index is 4.34. The van der Waals surface area contributed by atoms with E-state index in [2.05, 4.69) is 0 Å². The quantitative estimate of drug-likeness (QED) is 0.630. The molecule has 1 unspecified atom stereocenters. The van der Waals surface area contributed by atoms with Gasteiger partial charge in [-0.2, -0.15) is 0 Å². The predicted octanol–water partition coefficient (Wildman–Crippen LogP) is 2.51. The maximum Gasteiger partial charge on any atom is 0.407 e. The molecule has 0 aromatic rings. The van der Waals surface area contributed by atoms with Crippen LogP contribution in [0.3, 0.4) is 0 Å². The van der Waals surface area contributed by atoms with E-state index in [-0.39, 0.29) is 6.10 Å². The van der Waals surface area contributed by atoms with Crippen LogP contribution in [0.25, 0.3) is 0 Å². The highest BCUT2D eigenvalue weighted by molar-refractivity contribution is 7.51. The lowest BCUT2D eigenvalue weighted by atomic mass is 10.5. The molecule has 80 valence electrons. The minimum Gasteiger partial charge on any atom is -0.300 e. The molecule has 0 fully saturated rings. The van der Waals surface area contributed by atoms with Crippen LogP contribution in [-0.2, 0) is 13.6 Å². The molecule has 0 aromatic carbocycles. The summed E-state index contributed by atoms with van der Waals surface area (Å²) in [5.74, 6) is 0. The standard InChI is InChI=1S/C8H20NO3P/c1-6-7-9(4)13(10,11-5)12-8(2)3/h8H,6-7H2,1-5H3. The average Bonchev–Trinajstić information content (AvgIpc) is 2.03. The van der Waals surface area contributed by atoms with Crippen molar-refractivity contribution in [2.75, 3.05) is 20.7 Å². The van der Waals surface area contributed by atoms with Crippen molar-refractivity contribution in [1.29, 1.82) is 0 Å². The van der Waals surface area contributed by atoms with Crippen molar-refractivity contribution in [3.8, 4) is 0 Å². The average molecular weight is 209 g/mol. The maximum atomic E-state index is 12.0. The van der Waals surface area contributed by atoms with E-state index in [9.17, 15) is 4.57 Å². The van der Waals surface area contributed by atoms with Crippen LogP contribution < -0.4 is 0 Å². The van der Waals surface area contributed by atoms with Gasteiger partial charge in [0.25, 0.3) is 0 Å². The Kier molecular flexibility index (Phi) is 5.81. The molecule has 5 heteroatoms. The highest BCUT2D eigenvalue weighted by Gasteiger charge is 2.29. The second kappa shape index (κ2) is 5.76. The molecule has 0 spiro atoms. The lowest BCUT2D eigenvalue weighted by molar-refractivity contribution is 0.152. The van der Waals surface area contributed by atoms with Gasteiger partial charge in [0, 0.05) is 13.7 Å². The minimum atomic E-state index is -3.03. The first-order valence-corrected chi connectivity index (χ1v) is 6.01. The second-order valence-corrected chi connectivity index (χ2v) is 5.38. The van der Waals surface area contributed by atoms with Gasteiger partial charge >= 0.3 is 7.75 Å². The summed E-state index contributed by atoms with van der Waals surface area (Å²) in [4.78, 5) is 0. The van der Waals surface area contributed by atoms with Crippen molar-refractivity contribution < 1.29 is 13.6 Å². The van der Waals surface area contributed by atoms with E-state index in [1.54, 1.807) is 11.7 Å². The fourth-order valence-electron chi connectivity index (χ4n) is 0.975. The van der Waals surface area contributed by atoms with Gasteiger partial charge in [0.2, 0.25) is 0 Å². The molecule has 0 radical (unpaired) electrons. The van der Waals surface area contributed by atoms with Gasteiger partial charge in [-0.25, -0.2) is 9.24 Å². The minimum absolute atomic E-state index is 0.0925. The van der Waals surface area contributed by atoms with Crippen LogP contribution in [0, 0.1) is 0 Å². The fraction of sp³-hybridized carbons (Fsp3) is 1.00. The number of hydrogen-bond donors (Lipinski definition) is 0. The smallest absolute Gasteiger partial charge is 0.300 e. The molecule has 0 amide bonds. The van der Waals surface area contributed by atoms with Crippen LogP contribution in [-0.4, -0.2) is 31.5 Å². The van der Waals surface area contributed by atoms with E-state index in [4.69, 9.17) is 9.05 Å². The molecule has 1 atom stereocenters. The van der Waals surface area contributed by atoms with E-state index in [0.717, 1.165) is 6.42 Å². The molecule has 0 rings (SSSR count). The first-order chi connectivity index (χ1) is 5.96. The molecule has 0 aliphatic heterocycles. The first-order valence-electron chi connectivity index (χ1n) is 4.52. The van der Waals surface area contributed by atoms with Crippen LogP contribution >= 0.6 is 7.75 Å². The van der Waals surface area contributed by atoms with Crippen molar-refractivity contribution >= 4 is 7.75 Å². The third kappa shape index (κ3) is 4.23. The molecular formula is C8H20NO3P. The fourth-order valence-corrected chi connectivity index (χ4v) is 2.48. The largest absolute Gasteiger partial charge is 0.407 e. The van der Waals surface area contributed by atoms with Crippen molar-refractivity contribution in [2.24, 2.45) is 0 Å². The van der Waals surface area contributed by atoms with Gasteiger partial charge in [0.05, 0.1) is 6.10 Å². The van der Waals surface area contributed by atoms with Gasteiger partial charge in [-0.3, -0.25) is 9.05 Å². The zero-order valence-electron chi connectivity index (χ0n) is 9.11. The van der Waals surface area contributed by atoms with Gasteiger partial charge in [0.1, 0.15) is 0 Å². The van der Waals surface area contributed by atoms with E-state index >= 15 is 0 Å². The number of nitrogens with zero attached hydrogens (tertiary/aromatic N) is 1. The first kappa shape index (κ1) is 13.1. The van der Waals surface area contributed by atoms with Crippen LogP contribution in [0.15, 0.2) is 0 Å². The van der Waals surface area contributed by atoms with Crippen molar-refractivity contribution in [2.45, 2.75) is 33.3 Å². The second-order valence-electron chi connectivity index (χ2n) is 3.19. The third-order valence-corrected chi connectivity index (χ3v) is 3.73. The molecule has 0 bridgehead atoms. The van der Waals surface area contributed by atoms with Crippen LogP contribution in [0.5, 0.6) is 0 Å². The molecule has 0 aliphatic carbocycles. The lowest BCUT2D eigenvalue weighted by Crippen LogP contribution is -2.20. The summed E-state index contributed by atoms with van der Waals surface area (Å²) in [6.07, 6.45) is 0.829. The Morgan fingerprint density at radius 2 is 2.00 bits per heavy atom. The van der Waals surface area contributed by atoms with Gasteiger partial charge in [0.15, 0.2) is 0 Å². The molecule has 0 saturated heterocycles. The summed E-state index contributed by atoms with van der Waals surface area (Å²) in [7, 11) is 0.128. The molecular weight excluding hydrogens is 189 g/mol. The molecule has 0 N–H and O–H groups in total. The molecule has 0 saturated carbocycles. The Morgan fingerprint density at radius 3 is 2.31 bits per heavy atom. The summed E-state index contributed by atoms with van der Waals surface area (Å²) in [6.45, 7) is 6.40. The number of hydrogen-bond acceptors (Lipinski definition) is 3. The van der Waals surface area contributed by atoms with E-state index < -0.39 is 7.75 Å². The van der Waals surface area contributed by atoms with Crippen LogP contribution in [0.2, 0.25) is 0 Å². The Bertz CT molecular complexity index is 184. The topological polar surface area (TPSA) is 38.8 Å². The lowest BCUT2D eigenvalue weighted by Gasteiger charge is -2.26. The third-order valence-electron chi connectivity index (χ3n) is 1.54. The summed E-state index contributed by atoms with van der Waals surface area (Å²) in [5, 5.41) is 0. The monoisotopic (exact) mass is 209 g/mol. The Morgan fingerprint density at radius 1 is 1.46 bits per heavy atom. The van der Waals surface area contributed by atoms with E-state index in [1.807, 2.05) is 20.8 Å². The Hall–Kier alpha value is 0.110. The van der Waals surface area contributed by atoms with Gasteiger partial charge < -0.3 is 0 Å². The van der Waals surface area contributed by atoms with Crippen molar-refractivity contribution in [1.82, 2.24) is 4.67 Å². The van der Waals surface area contributed by atoms with Crippen LogP contribution in [0.4, 0.5) is 0 Å². The maximum absolute atomic E-state index is 12.0. The van der Waals surface area contributed by atoms with Gasteiger partial charge in [-0.05, 0) is 27.3 Å². The van der Waals surface area contributed by atoms with Gasteiger partial charge in [-0.15, -0.1) is 0 Å². The van der Waals surface area contributed by atoms with Crippen molar-refractivity contribution in [3.05, 3.63) is 0 Å². The van der Waals surface area contributed by atoms with E-state index in [0.29, 0.717) is 6.54 Å². The Labute approximate surface area is 80.8 Å². The molecule has 0 aromatic heterocycles. The van der Waals surface area contributed by atoms with Crippen LogP contribution in [0.1, 0.15) is 27.2 Å². The summed E-state index contributed by atoms with van der Waals surface area (Å²) >= 11 is 0. The van der Waals surface area contributed by atoms with Crippen molar-refractivity contribution in [3.63, 3.8) is 0 Å². The highest BCUT2D eigenvalue weighted by Crippen LogP contribution is 2.51. The molecule has 4 nitrogen and oxygen atoms in total. The molecule has 0 heterocycles. The normalized spacial score (nSPS) is 16.5. The van der Waals surface area contributed by atoms with Gasteiger partial charge in [-0.1, -0.05) is 6.92 Å². The SMILES string of the molecule is CCCN(C)P(=O)(OC)OC(C)C. The molecule has 13 heavy (non-hydrogen) atoms.